The zero-order valence-electron chi connectivity index (χ0n) is 20.1. The second kappa shape index (κ2) is 9.36. The van der Waals surface area contributed by atoms with Gasteiger partial charge < -0.3 is 10.0 Å². The van der Waals surface area contributed by atoms with Crippen molar-refractivity contribution < 1.29 is 19.5 Å². The number of ketones is 1. The molecule has 1 amide bonds. The molecule has 1 saturated carbocycles. The fourth-order valence-electron chi connectivity index (χ4n) is 5.67. The quantitative estimate of drug-likeness (QED) is 0.406. The molecule has 3 heterocycles. The van der Waals surface area contributed by atoms with Gasteiger partial charge in [0.05, 0.1) is 12.0 Å². The largest absolute Gasteiger partial charge is 0.480 e. The van der Waals surface area contributed by atoms with Crippen molar-refractivity contribution in [2.24, 2.45) is 11.8 Å². The van der Waals surface area contributed by atoms with E-state index in [0.29, 0.717) is 5.56 Å². The molecule has 1 aromatic carbocycles. The first kappa shape index (κ1) is 23.9. The number of hydrogen-bond acceptors (Lipinski definition) is 5. The zero-order chi connectivity index (χ0) is 24.9. The van der Waals surface area contributed by atoms with Gasteiger partial charge in [0, 0.05) is 27.2 Å². The van der Waals surface area contributed by atoms with Crippen LogP contribution in [0.4, 0.5) is 0 Å². The summed E-state index contributed by atoms with van der Waals surface area (Å²) in [4.78, 5) is 44.6. The first-order valence-corrected chi connectivity index (χ1v) is 13.8. The standard InChI is InChI=1S/C28H29NO4S2/c1-15-7-4-5-10-19(15)24(30)20-21(25-16(2)11-13-34-25)23(28(32)33)29(27(31)18-8-6-9-18)22(20)26-17(3)12-14-35-26/h4-5,7,10-14,18,20-23H,6,8-9H2,1-3H3,(H,32,33). The fourth-order valence-corrected chi connectivity index (χ4v) is 7.85. The number of carbonyl (C=O) groups is 3. The molecule has 2 fully saturated rings. The molecule has 1 N–H and O–H groups in total. The number of carboxylic acids is 1. The maximum absolute atomic E-state index is 14.4. The van der Waals surface area contributed by atoms with Crippen molar-refractivity contribution in [3.05, 3.63) is 79.2 Å². The second-order valence-electron chi connectivity index (χ2n) is 9.77. The predicted molar refractivity (Wildman–Crippen MR) is 138 cm³/mol. The molecule has 4 atom stereocenters. The Balaban J connectivity index is 1.76. The molecule has 0 bridgehead atoms. The minimum atomic E-state index is -1.09. The van der Waals surface area contributed by atoms with Crippen LogP contribution >= 0.6 is 22.7 Å². The van der Waals surface area contributed by atoms with Crippen molar-refractivity contribution in [1.29, 1.82) is 0 Å². The monoisotopic (exact) mass is 507 g/mol. The lowest BCUT2D eigenvalue weighted by atomic mass is 9.78. The number of Topliss-reactive ketones (excluding diaryl/α,β-unsaturated/α-hetero) is 1. The van der Waals surface area contributed by atoms with Crippen LogP contribution in [0.2, 0.25) is 0 Å². The Kier molecular flexibility index (Phi) is 6.40. The Bertz CT molecular complexity index is 1290. The molecule has 182 valence electrons. The summed E-state index contributed by atoms with van der Waals surface area (Å²) in [5.74, 6) is -2.73. The number of carboxylic acid groups (broad SMARTS) is 1. The number of benzene rings is 1. The van der Waals surface area contributed by atoms with Crippen molar-refractivity contribution >= 4 is 40.3 Å². The van der Waals surface area contributed by atoms with Crippen molar-refractivity contribution in [2.75, 3.05) is 0 Å². The molecule has 2 aliphatic rings. The highest BCUT2D eigenvalue weighted by molar-refractivity contribution is 7.10. The van der Waals surface area contributed by atoms with Gasteiger partial charge in [-0.05, 0) is 73.2 Å². The molecular formula is C28H29NO4S2. The Morgan fingerprint density at radius 3 is 2.03 bits per heavy atom. The zero-order valence-corrected chi connectivity index (χ0v) is 21.7. The first-order chi connectivity index (χ1) is 16.8. The molecule has 0 spiro atoms. The molecule has 0 radical (unpaired) electrons. The summed E-state index contributed by atoms with van der Waals surface area (Å²) in [6.07, 6.45) is 2.53. The fraction of sp³-hybridized carbons (Fsp3) is 0.393. The Morgan fingerprint density at radius 2 is 1.51 bits per heavy atom. The molecular weight excluding hydrogens is 478 g/mol. The van der Waals surface area contributed by atoms with E-state index >= 15 is 0 Å². The number of carbonyl (C=O) groups excluding carboxylic acids is 2. The maximum atomic E-state index is 14.4. The van der Waals surface area contributed by atoms with Gasteiger partial charge in [-0.15, -0.1) is 22.7 Å². The van der Waals surface area contributed by atoms with Crippen LogP contribution in [0.5, 0.6) is 0 Å². The van der Waals surface area contributed by atoms with Gasteiger partial charge in [0.2, 0.25) is 5.91 Å². The van der Waals surface area contributed by atoms with E-state index in [1.807, 2.05) is 67.9 Å². The van der Waals surface area contributed by atoms with E-state index in [2.05, 4.69) is 0 Å². The van der Waals surface area contributed by atoms with Crippen molar-refractivity contribution in [1.82, 2.24) is 4.90 Å². The van der Waals surface area contributed by atoms with E-state index in [0.717, 1.165) is 45.7 Å². The third-order valence-corrected chi connectivity index (χ3v) is 9.93. The molecule has 5 rings (SSSR count). The summed E-state index contributed by atoms with van der Waals surface area (Å²) in [5, 5.41) is 14.5. The maximum Gasteiger partial charge on any atom is 0.327 e. The lowest BCUT2D eigenvalue weighted by molar-refractivity contribution is -0.153. The molecule has 4 unspecified atom stereocenters. The van der Waals surface area contributed by atoms with Gasteiger partial charge in [-0.2, -0.15) is 0 Å². The highest BCUT2D eigenvalue weighted by atomic mass is 32.1. The van der Waals surface area contributed by atoms with E-state index in [-0.39, 0.29) is 17.6 Å². The highest BCUT2D eigenvalue weighted by Gasteiger charge is 2.59. The minimum absolute atomic E-state index is 0.0890. The summed E-state index contributed by atoms with van der Waals surface area (Å²) in [5.41, 5.74) is 3.41. The Morgan fingerprint density at radius 1 is 0.886 bits per heavy atom. The van der Waals surface area contributed by atoms with Crippen LogP contribution in [0, 0.1) is 32.6 Å². The Hall–Kier alpha value is -2.77. The number of amides is 1. The summed E-state index contributed by atoms with van der Waals surface area (Å²) in [6.45, 7) is 5.85. The van der Waals surface area contributed by atoms with E-state index in [1.54, 1.807) is 4.90 Å². The molecule has 1 aliphatic carbocycles. The second-order valence-corrected chi connectivity index (χ2v) is 11.7. The van der Waals surface area contributed by atoms with E-state index in [4.69, 9.17) is 0 Å². The van der Waals surface area contributed by atoms with Crippen molar-refractivity contribution in [3.8, 4) is 0 Å². The average Bonchev–Trinajstić information content (AvgIpc) is 3.48. The third kappa shape index (κ3) is 3.95. The number of rotatable bonds is 6. The predicted octanol–water partition coefficient (Wildman–Crippen LogP) is 6.15. The van der Waals surface area contributed by atoms with Gasteiger partial charge in [0.15, 0.2) is 5.78 Å². The number of aryl methyl sites for hydroxylation is 3. The van der Waals surface area contributed by atoms with E-state index in [1.165, 1.54) is 22.7 Å². The third-order valence-electron chi connectivity index (χ3n) is 7.72. The van der Waals surface area contributed by atoms with Crippen LogP contribution in [-0.4, -0.2) is 33.7 Å². The van der Waals surface area contributed by atoms with Gasteiger partial charge in [-0.1, -0.05) is 30.7 Å². The molecule has 2 aromatic heterocycles. The first-order valence-electron chi connectivity index (χ1n) is 12.0. The van der Waals surface area contributed by atoms with Crippen LogP contribution in [0.3, 0.4) is 0 Å². The highest BCUT2D eigenvalue weighted by Crippen LogP contribution is 2.55. The van der Waals surface area contributed by atoms with Crippen LogP contribution < -0.4 is 0 Å². The van der Waals surface area contributed by atoms with Gasteiger partial charge in [-0.25, -0.2) is 4.79 Å². The van der Waals surface area contributed by atoms with Gasteiger partial charge in [-0.3, -0.25) is 9.59 Å². The summed E-state index contributed by atoms with van der Waals surface area (Å²) < 4.78 is 0. The van der Waals surface area contributed by atoms with Gasteiger partial charge >= 0.3 is 5.97 Å². The SMILES string of the molecule is Cc1ccccc1C(=O)C1C(c2sccc2C)C(C(=O)O)N(C(=O)C2CCC2)C1c1sccc1C. The number of nitrogens with zero attached hydrogens (tertiary/aromatic N) is 1. The molecule has 35 heavy (non-hydrogen) atoms. The summed E-state index contributed by atoms with van der Waals surface area (Å²) in [6, 6.07) is 9.72. The van der Waals surface area contributed by atoms with Crippen molar-refractivity contribution in [3.63, 3.8) is 0 Å². The molecule has 1 aliphatic heterocycles. The molecule has 1 saturated heterocycles. The Labute approximate surface area is 213 Å². The van der Waals surface area contributed by atoms with Crippen LogP contribution in [0.25, 0.3) is 0 Å². The summed E-state index contributed by atoms with van der Waals surface area (Å²) in [7, 11) is 0. The van der Waals surface area contributed by atoms with Crippen LogP contribution in [0.15, 0.2) is 47.2 Å². The smallest absolute Gasteiger partial charge is 0.327 e. The molecule has 7 heteroatoms. The lowest BCUT2D eigenvalue weighted by Crippen LogP contribution is -2.47. The van der Waals surface area contributed by atoms with Crippen LogP contribution in [-0.2, 0) is 9.59 Å². The summed E-state index contributed by atoms with van der Waals surface area (Å²) >= 11 is 2.99. The number of thiophene rings is 2. The van der Waals surface area contributed by atoms with Gasteiger partial charge in [0.1, 0.15) is 6.04 Å². The number of likely N-dealkylation sites (tertiary alicyclic amines) is 1. The van der Waals surface area contributed by atoms with Crippen molar-refractivity contribution in [2.45, 2.75) is 58.0 Å². The minimum Gasteiger partial charge on any atom is -0.480 e. The molecule has 5 nitrogen and oxygen atoms in total. The lowest BCUT2D eigenvalue weighted by Gasteiger charge is -2.36. The van der Waals surface area contributed by atoms with Crippen LogP contribution in [0.1, 0.15) is 68.0 Å². The van der Waals surface area contributed by atoms with E-state index in [9.17, 15) is 19.5 Å². The molecule has 3 aromatic rings. The van der Waals surface area contributed by atoms with E-state index < -0.39 is 29.9 Å². The number of aliphatic carboxylic acids is 1. The average molecular weight is 508 g/mol. The number of hydrogen-bond donors (Lipinski definition) is 1. The topological polar surface area (TPSA) is 74.7 Å². The normalized spacial score (nSPS) is 24.4. The van der Waals surface area contributed by atoms with Gasteiger partial charge in [0.25, 0.3) is 0 Å².